The number of rotatable bonds is 9. The van der Waals surface area contributed by atoms with E-state index in [-0.39, 0.29) is 29.6 Å². The number of hydrogen-bond acceptors (Lipinski definition) is 4. The molecule has 0 fully saturated rings. The van der Waals surface area contributed by atoms with Crippen molar-refractivity contribution in [1.82, 2.24) is 0 Å². The number of hydrogen-bond donors (Lipinski definition) is 1. The number of carbonyl (C=O) groups is 1. The Labute approximate surface area is 138 Å². The van der Waals surface area contributed by atoms with E-state index in [4.69, 9.17) is 9.29 Å². The predicted molar refractivity (Wildman–Crippen MR) is 77.1 cm³/mol. The summed E-state index contributed by atoms with van der Waals surface area (Å²) in [5.74, 6) is -1.85. The molecular weight excluding hydrogens is 279 g/mol. The van der Waals surface area contributed by atoms with Gasteiger partial charge in [-0.25, -0.2) is 0 Å². The molecule has 0 atom stereocenters. The molecule has 5 nitrogen and oxygen atoms in total. The molecule has 7 heteroatoms. The maximum atomic E-state index is 11.5. The Hall–Kier alpha value is 0.380. The molecule has 0 saturated heterocycles. The van der Waals surface area contributed by atoms with Crippen LogP contribution in [-0.4, -0.2) is 59.9 Å². The van der Waals surface area contributed by atoms with Gasteiger partial charge in [0.2, 0.25) is 0 Å². The number of ether oxygens (including phenoxy) is 1. The van der Waals surface area contributed by atoms with Crippen molar-refractivity contribution in [2.24, 2.45) is 0 Å². The zero-order chi connectivity index (χ0) is 14.2. The molecule has 0 spiro atoms. The van der Waals surface area contributed by atoms with Crippen molar-refractivity contribution in [3.8, 4) is 0 Å². The second kappa shape index (κ2) is 10.2. The molecule has 0 aromatic rings. The van der Waals surface area contributed by atoms with E-state index in [1.54, 1.807) is 0 Å². The summed E-state index contributed by atoms with van der Waals surface area (Å²) >= 11 is 0. The van der Waals surface area contributed by atoms with E-state index in [1.165, 1.54) is 0 Å². The molecular formula is C12H25NaO5S. The molecule has 0 amide bonds. The van der Waals surface area contributed by atoms with Gasteiger partial charge in [-0.05, 0) is 25.7 Å². The first-order chi connectivity index (χ1) is 8.28. The number of unbranched alkanes of at least 4 members (excludes halogenated alkanes) is 2. The Morgan fingerprint density at radius 1 is 1.16 bits per heavy atom. The molecule has 0 unspecified atom stereocenters. The first kappa shape index (κ1) is 21.7. The van der Waals surface area contributed by atoms with Gasteiger partial charge < -0.3 is 4.74 Å². The molecule has 0 aliphatic heterocycles. The Bertz CT molecular complexity index is 349. The van der Waals surface area contributed by atoms with Crippen LogP contribution in [0, 0.1) is 0 Å². The van der Waals surface area contributed by atoms with Crippen LogP contribution in [0.15, 0.2) is 0 Å². The van der Waals surface area contributed by atoms with Gasteiger partial charge in [0.1, 0.15) is 5.60 Å². The first-order valence-electron chi connectivity index (χ1n) is 6.45. The molecule has 0 saturated carbocycles. The third-order valence-electron chi connectivity index (χ3n) is 3.16. The Morgan fingerprint density at radius 3 is 2.05 bits per heavy atom. The zero-order valence-electron chi connectivity index (χ0n) is 11.4. The summed E-state index contributed by atoms with van der Waals surface area (Å²) < 4.78 is 35.1. The standard InChI is InChI=1S/C12H24O5S.Na.H/c1-4-7-8-9-12(5-2,6-3)17-11(13)10-18(14,15)16;;/h4-10H2,1-3H3,(H,14,15,16);;. The van der Waals surface area contributed by atoms with Crippen molar-refractivity contribution < 1.29 is 22.5 Å². The summed E-state index contributed by atoms with van der Waals surface area (Å²) in [4.78, 5) is 11.5. The van der Waals surface area contributed by atoms with E-state index in [2.05, 4.69) is 6.92 Å². The zero-order valence-corrected chi connectivity index (χ0v) is 12.3. The van der Waals surface area contributed by atoms with Gasteiger partial charge in [0, 0.05) is 0 Å². The summed E-state index contributed by atoms with van der Waals surface area (Å²) in [7, 11) is -4.31. The van der Waals surface area contributed by atoms with Gasteiger partial charge in [-0.3, -0.25) is 9.35 Å². The van der Waals surface area contributed by atoms with Gasteiger partial charge in [-0.1, -0.05) is 33.6 Å². The first-order valence-corrected chi connectivity index (χ1v) is 8.06. The summed E-state index contributed by atoms with van der Waals surface area (Å²) in [6.45, 7) is 5.91. The Kier molecular flexibility index (Phi) is 11.6. The summed E-state index contributed by atoms with van der Waals surface area (Å²) in [6.07, 6.45) is 5.08. The average molecular weight is 304 g/mol. The molecule has 0 aliphatic carbocycles. The minimum atomic E-state index is -4.31. The van der Waals surface area contributed by atoms with Crippen molar-refractivity contribution in [2.45, 2.75) is 64.9 Å². The molecule has 1 N–H and O–H groups in total. The van der Waals surface area contributed by atoms with Crippen molar-refractivity contribution in [3.63, 3.8) is 0 Å². The van der Waals surface area contributed by atoms with Gasteiger partial charge in [0.15, 0.2) is 5.75 Å². The molecule has 0 aliphatic rings. The Morgan fingerprint density at radius 2 is 1.68 bits per heavy atom. The third kappa shape index (κ3) is 9.85. The van der Waals surface area contributed by atoms with Crippen LogP contribution in [0.3, 0.4) is 0 Å². The van der Waals surface area contributed by atoms with E-state index in [1.807, 2.05) is 13.8 Å². The summed E-state index contributed by atoms with van der Waals surface area (Å²) in [5, 5.41) is 0. The number of carbonyl (C=O) groups excluding carboxylic acids is 1. The molecule has 19 heavy (non-hydrogen) atoms. The second-order valence-corrected chi connectivity index (χ2v) is 6.00. The average Bonchev–Trinajstić information content (AvgIpc) is 2.25. The van der Waals surface area contributed by atoms with Crippen LogP contribution in [-0.2, 0) is 19.6 Å². The van der Waals surface area contributed by atoms with Gasteiger partial charge >= 0.3 is 35.5 Å². The molecule has 0 bridgehead atoms. The van der Waals surface area contributed by atoms with Crippen molar-refractivity contribution in [1.29, 1.82) is 0 Å². The number of esters is 1. The fourth-order valence-electron chi connectivity index (χ4n) is 1.92. The van der Waals surface area contributed by atoms with Crippen LogP contribution >= 0.6 is 0 Å². The van der Waals surface area contributed by atoms with Crippen LogP contribution in [0.4, 0.5) is 0 Å². The molecule has 0 aromatic carbocycles. The van der Waals surface area contributed by atoms with Crippen LogP contribution in [0.2, 0.25) is 0 Å². The second-order valence-electron chi connectivity index (χ2n) is 4.55. The van der Waals surface area contributed by atoms with E-state index in [0.29, 0.717) is 12.8 Å². The van der Waals surface area contributed by atoms with Crippen LogP contribution in [0.1, 0.15) is 59.3 Å². The third-order valence-corrected chi connectivity index (χ3v) is 3.76. The monoisotopic (exact) mass is 304 g/mol. The summed E-state index contributed by atoms with van der Waals surface area (Å²) in [6, 6.07) is 0. The van der Waals surface area contributed by atoms with E-state index in [0.717, 1.165) is 25.7 Å². The van der Waals surface area contributed by atoms with E-state index in [9.17, 15) is 13.2 Å². The predicted octanol–water partition coefficient (Wildman–Crippen LogP) is 1.91. The van der Waals surface area contributed by atoms with Crippen molar-refractivity contribution in [3.05, 3.63) is 0 Å². The summed E-state index contributed by atoms with van der Waals surface area (Å²) in [5.41, 5.74) is -0.600. The Balaban J connectivity index is 0. The van der Waals surface area contributed by atoms with Crippen LogP contribution < -0.4 is 0 Å². The van der Waals surface area contributed by atoms with Crippen molar-refractivity contribution in [2.75, 3.05) is 5.75 Å². The minimum absolute atomic E-state index is 0. The molecule has 0 heterocycles. The normalized spacial score (nSPS) is 11.8. The van der Waals surface area contributed by atoms with Gasteiger partial charge in [0.05, 0.1) is 0 Å². The van der Waals surface area contributed by atoms with Gasteiger partial charge in [-0.2, -0.15) is 8.42 Å². The molecule has 110 valence electrons. The molecule has 0 rings (SSSR count). The fourth-order valence-corrected chi connectivity index (χ4v) is 2.27. The maximum absolute atomic E-state index is 11.5. The topological polar surface area (TPSA) is 80.7 Å². The molecule has 0 aromatic heterocycles. The van der Waals surface area contributed by atoms with Crippen LogP contribution in [0.25, 0.3) is 0 Å². The SMILES string of the molecule is CCCCCC(CC)(CC)OC(=O)CS(=O)(=O)O.[NaH]. The quantitative estimate of drug-likeness (QED) is 0.304. The van der Waals surface area contributed by atoms with E-state index < -0.39 is 27.4 Å². The van der Waals surface area contributed by atoms with Crippen LogP contribution in [0.5, 0.6) is 0 Å². The molecule has 0 radical (unpaired) electrons. The van der Waals surface area contributed by atoms with E-state index >= 15 is 0 Å². The van der Waals surface area contributed by atoms with Gasteiger partial charge in [-0.15, -0.1) is 0 Å². The van der Waals surface area contributed by atoms with Gasteiger partial charge in [0.25, 0.3) is 10.1 Å². The van der Waals surface area contributed by atoms with Crippen molar-refractivity contribution >= 4 is 45.6 Å². The fraction of sp³-hybridized carbons (Fsp3) is 0.917.